The number of nitrogens with one attached hydrogen (secondary N) is 2. The standard InChI is InChI=1S/C25H27N7O3.C22H24N6O4.C2H4N2.ClH/c1-17-13-27-25(30-24(17)19-6-4-18(5-7-19)22(34)3-2-10-26)29-20-14-28-32(15-20)21-8-11-31(12-9-21)23(35)16-33;1-14-10-23-22(26-20(14)15-2-4-16(5-3-15)21(31)32)25-17-11-24-28(12-17)18-6-8-27(9-7-18)19(30)13-29;3-1-2-4;/h4-7,13-15,21,33H,2-3,8-9,11-12,16H2,1H3,(H,27,29,30);2-5,10-12,18,29H,6-9,13H2,1H3,(H,31,32)(H,23,25,26);1,3H2;1H. The van der Waals surface area contributed by atoms with Gasteiger partial charge in [-0.05, 0) is 62.8 Å². The smallest absolute Gasteiger partial charge is 0.335 e. The number of carbonyl (C=O) groups is 4. The molecule has 376 valence electrons. The summed E-state index contributed by atoms with van der Waals surface area (Å²) in [5, 5.41) is 58.6. The van der Waals surface area contributed by atoms with E-state index in [4.69, 9.17) is 25.8 Å². The molecular formula is C49H56ClN15O7. The zero-order valence-corrected chi connectivity index (χ0v) is 40.6. The summed E-state index contributed by atoms with van der Waals surface area (Å²) >= 11 is 0. The molecule has 6 heterocycles. The van der Waals surface area contributed by atoms with Crippen molar-refractivity contribution in [2.45, 2.75) is 64.5 Å². The number of halogens is 1. The van der Waals surface area contributed by atoms with E-state index in [2.05, 4.69) is 46.5 Å². The maximum Gasteiger partial charge on any atom is 0.335 e. The number of nitriles is 2. The second-order valence-electron chi connectivity index (χ2n) is 16.6. The van der Waals surface area contributed by atoms with Crippen LogP contribution in [0.25, 0.3) is 22.5 Å². The molecule has 4 aromatic heterocycles. The molecule has 7 N–H and O–H groups in total. The molecule has 23 heteroatoms. The van der Waals surface area contributed by atoms with Gasteiger partial charge in [0.1, 0.15) is 13.2 Å². The topological polar surface area (TPSA) is 320 Å². The number of carbonyl (C=O) groups excluding carboxylic acids is 3. The van der Waals surface area contributed by atoms with E-state index < -0.39 is 19.2 Å². The Kier molecular flexibility index (Phi) is 20.3. The quantitative estimate of drug-likeness (QED) is 0.0605. The molecule has 2 aliphatic rings. The number of aromatic carboxylic acids is 1. The zero-order chi connectivity index (χ0) is 50.9. The minimum Gasteiger partial charge on any atom is -0.478 e. The van der Waals surface area contributed by atoms with Gasteiger partial charge in [-0.1, -0.05) is 36.4 Å². The number of Topliss-reactive ketones (excluding diaryl/α,β-unsaturated/α-hetero) is 1. The molecule has 0 radical (unpaired) electrons. The Labute approximate surface area is 421 Å². The largest absolute Gasteiger partial charge is 0.478 e. The van der Waals surface area contributed by atoms with Crippen molar-refractivity contribution < 1.29 is 34.5 Å². The number of aliphatic hydroxyl groups is 2. The highest BCUT2D eigenvalue weighted by Gasteiger charge is 2.25. The second kappa shape index (κ2) is 26.7. The van der Waals surface area contributed by atoms with Gasteiger partial charge in [-0.15, -0.1) is 12.4 Å². The molecule has 0 atom stereocenters. The third-order valence-corrected chi connectivity index (χ3v) is 11.8. The molecule has 2 amide bonds. The fraction of sp³-hybridized carbons (Fsp3) is 0.347. The first-order chi connectivity index (χ1) is 34.3. The van der Waals surface area contributed by atoms with Gasteiger partial charge in [0.25, 0.3) is 0 Å². The monoisotopic (exact) mass is 1000 g/mol. The van der Waals surface area contributed by atoms with Crippen molar-refractivity contribution in [1.82, 2.24) is 49.3 Å². The first kappa shape index (κ1) is 54.8. The molecule has 0 spiro atoms. The number of aromatic nitrogens is 8. The summed E-state index contributed by atoms with van der Waals surface area (Å²) in [5.41, 5.74) is 11.9. The Morgan fingerprint density at radius 1 is 0.667 bits per heavy atom. The van der Waals surface area contributed by atoms with Crippen LogP contribution < -0.4 is 16.4 Å². The van der Waals surface area contributed by atoms with Crippen molar-refractivity contribution in [2.24, 2.45) is 5.73 Å². The van der Waals surface area contributed by atoms with Crippen LogP contribution in [0.15, 0.2) is 85.7 Å². The number of aryl methyl sites for hydroxylation is 2. The average molecular weight is 1000 g/mol. The average Bonchev–Trinajstić information content (AvgIpc) is 4.09. The lowest BCUT2D eigenvalue weighted by molar-refractivity contribution is -0.136. The number of aliphatic hydroxyl groups excluding tert-OH is 2. The number of carboxylic acids is 1. The van der Waals surface area contributed by atoms with Gasteiger partial charge in [0.15, 0.2) is 5.78 Å². The van der Waals surface area contributed by atoms with Crippen LogP contribution in [-0.4, -0.2) is 134 Å². The first-order valence-corrected chi connectivity index (χ1v) is 22.8. The molecule has 2 aromatic carbocycles. The third-order valence-electron chi connectivity index (χ3n) is 11.8. The highest BCUT2D eigenvalue weighted by atomic mass is 35.5. The van der Waals surface area contributed by atoms with Gasteiger partial charge >= 0.3 is 5.97 Å². The SMILES string of the molecule is Cc1cnc(Nc2cnn(C3CCN(C(=O)CO)CC3)c2)nc1-c1ccc(C(=O)CCC#N)cc1.Cc1cnc(Nc2cnn(C3CCN(C(=O)CO)CC3)c2)nc1-c1ccc(C(=O)O)cc1.Cl.N#CCN. The normalized spacial score (nSPS) is 13.4. The van der Waals surface area contributed by atoms with Crippen LogP contribution in [0.1, 0.15) is 82.5 Å². The maximum atomic E-state index is 12.1. The van der Waals surface area contributed by atoms with Gasteiger partial charge in [0.2, 0.25) is 23.7 Å². The number of carboxylic acid groups (broad SMARTS) is 1. The third kappa shape index (κ3) is 14.7. The number of ketones is 1. The Bertz CT molecular complexity index is 2860. The van der Waals surface area contributed by atoms with Crippen LogP contribution >= 0.6 is 12.4 Å². The minimum absolute atomic E-state index is 0. The van der Waals surface area contributed by atoms with Crippen molar-refractivity contribution in [3.8, 4) is 34.7 Å². The number of hydrogen-bond acceptors (Lipinski definition) is 17. The van der Waals surface area contributed by atoms with E-state index in [9.17, 15) is 19.2 Å². The number of rotatable bonds is 14. The lowest BCUT2D eigenvalue weighted by atomic mass is 10.0. The molecule has 2 saturated heterocycles. The number of hydrogen-bond donors (Lipinski definition) is 6. The fourth-order valence-corrected chi connectivity index (χ4v) is 7.91. The number of anilines is 4. The highest BCUT2D eigenvalue weighted by molar-refractivity contribution is 5.96. The van der Waals surface area contributed by atoms with E-state index >= 15 is 0 Å². The van der Waals surface area contributed by atoms with E-state index in [1.807, 2.05) is 53.8 Å². The van der Waals surface area contributed by atoms with Crippen molar-refractivity contribution >= 4 is 59.2 Å². The van der Waals surface area contributed by atoms with Gasteiger partial charge in [0.05, 0.1) is 71.5 Å². The molecule has 22 nitrogen and oxygen atoms in total. The summed E-state index contributed by atoms with van der Waals surface area (Å²) < 4.78 is 3.77. The second-order valence-corrected chi connectivity index (χ2v) is 16.6. The molecule has 0 aliphatic carbocycles. The predicted molar refractivity (Wildman–Crippen MR) is 267 cm³/mol. The Morgan fingerprint density at radius 3 is 1.43 bits per heavy atom. The number of likely N-dealkylation sites (tertiary alicyclic amines) is 2. The van der Waals surface area contributed by atoms with Gasteiger partial charge in [0, 0.05) is 80.5 Å². The van der Waals surface area contributed by atoms with Gasteiger partial charge in [-0.3, -0.25) is 23.7 Å². The summed E-state index contributed by atoms with van der Waals surface area (Å²) in [6, 6.07) is 17.8. The summed E-state index contributed by atoms with van der Waals surface area (Å²) in [4.78, 5) is 67.8. The number of nitrogens with two attached hydrogens (primary N) is 1. The summed E-state index contributed by atoms with van der Waals surface area (Å²) in [5.74, 6) is -0.655. The van der Waals surface area contributed by atoms with Gasteiger partial charge in [-0.2, -0.15) is 20.7 Å². The summed E-state index contributed by atoms with van der Waals surface area (Å²) in [7, 11) is 0. The molecule has 2 aliphatic heterocycles. The van der Waals surface area contributed by atoms with Crippen LogP contribution in [0, 0.1) is 36.5 Å². The molecule has 72 heavy (non-hydrogen) atoms. The summed E-state index contributed by atoms with van der Waals surface area (Å²) in [6.07, 6.45) is 14.2. The van der Waals surface area contributed by atoms with Crippen molar-refractivity contribution in [1.29, 1.82) is 10.5 Å². The molecule has 2 fully saturated rings. The fourth-order valence-electron chi connectivity index (χ4n) is 7.91. The predicted octanol–water partition coefficient (Wildman–Crippen LogP) is 5.17. The molecular weight excluding hydrogens is 946 g/mol. The molecule has 0 unspecified atom stereocenters. The molecule has 0 saturated carbocycles. The van der Waals surface area contributed by atoms with Crippen LogP contribution in [-0.2, 0) is 9.59 Å². The molecule has 0 bridgehead atoms. The van der Waals surface area contributed by atoms with Crippen molar-refractivity contribution in [3.63, 3.8) is 0 Å². The van der Waals surface area contributed by atoms with E-state index in [1.54, 1.807) is 77.1 Å². The van der Waals surface area contributed by atoms with Crippen molar-refractivity contribution in [3.05, 3.63) is 108 Å². The zero-order valence-electron chi connectivity index (χ0n) is 39.8. The Balaban J connectivity index is 0.000000247. The summed E-state index contributed by atoms with van der Waals surface area (Å²) in [6.45, 7) is 5.43. The highest BCUT2D eigenvalue weighted by Crippen LogP contribution is 2.28. The van der Waals surface area contributed by atoms with E-state index in [1.165, 1.54) is 0 Å². The lowest BCUT2D eigenvalue weighted by Gasteiger charge is -2.31. The van der Waals surface area contributed by atoms with Crippen LogP contribution in [0.3, 0.4) is 0 Å². The lowest BCUT2D eigenvalue weighted by Crippen LogP contribution is -2.40. The van der Waals surface area contributed by atoms with Crippen molar-refractivity contribution in [2.75, 3.05) is 56.6 Å². The van der Waals surface area contributed by atoms with Crippen LogP contribution in [0.2, 0.25) is 0 Å². The molecule has 8 rings (SSSR count). The van der Waals surface area contributed by atoms with E-state index in [0.717, 1.165) is 65.0 Å². The Morgan fingerprint density at radius 2 is 1.07 bits per heavy atom. The first-order valence-electron chi connectivity index (χ1n) is 22.8. The van der Waals surface area contributed by atoms with E-state index in [-0.39, 0.29) is 67.0 Å². The minimum atomic E-state index is -0.971. The number of benzene rings is 2. The van der Waals surface area contributed by atoms with Gasteiger partial charge in [-0.25, -0.2) is 24.7 Å². The van der Waals surface area contributed by atoms with Crippen LogP contribution in [0.5, 0.6) is 0 Å². The van der Waals surface area contributed by atoms with E-state index in [0.29, 0.717) is 49.3 Å². The number of amides is 2. The van der Waals surface area contributed by atoms with Crippen LogP contribution in [0.4, 0.5) is 23.3 Å². The van der Waals surface area contributed by atoms with Gasteiger partial charge < -0.3 is 41.5 Å². The molecule has 6 aromatic rings. The number of nitrogens with zero attached hydrogens (tertiary/aromatic N) is 12. The Hall–Kier alpha value is -8.15. The number of piperidine rings is 2. The maximum absolute atomic E-state index is 12.1.